The van der Waals surface area contributed by atoms with Gasteiger partial charge in [0, 0.05) is 24.2 Å². The van der Waals surface area contributed by atoms with Gasteiger partial charge in [-0.3, -0.25) is 9.59 Å². The summed E-state index contributed by atoms with van der Waals surface area (Å²) in [6.45, 7) is 2.22. The zero-order valence-corrected chi connectivity index (χ0v) is 15.4. The standard InChI is InChI=1S/C21H21NO5/c1-14-5-6-16(12-19(14)26-2)21(25)27-13-18(23)15-7-9-17(10-8-15)22-11-3-4-20(22)24/h5-10,12H,3-4,11,13H2,1-2H3. The van der Waals surface area contributed by atoms with Gasteiger partial charge in [0.05, 0.1) is 12.7 Å². The van der Waals surface area contributed by atoms with Gasteiger partial charge in [0.25, 0.3) is 0 Å². The molecule has 0 N–H and O–H groups in total. The van der Waals surface area contributed by atoms with Crippen molar-refractivity contribution in [3.63, 3.8) is 0 Å². The van der Waals surface area contributed by atoms with E-state index in [1.165, 1.54) is 7.11 Å². The molecule has 6 heteroatoms. The first-order chi connectivity index (χ1) is 13.0. The van der Waals surface area contributed by atoms with Crippen molar-refractivity contribution in [2.45, 2.75) is 19.8 Å². The molecule has 1 amide bonds. The van der Waals surface area contributed by atoms with E-state index in [4.69, 9.17) is 9.47 Å². The van der Waals surface area contributed by atoms with Gasteiger partial charge in [-0.15, -0.1) is 0 Å². The van der Waals surface area contributed by atoms with E-state index in [-0.39, 0.29) is 18.3 Å². The number of hydrogen-bond donors (Lipinski definition) is 0. The van der Waals surface area contributed by atoms with E-state index in [1.807, 2.05) is 6.92 Å². The van der Waals surface area contributed by atoms with Crippen molar-refractivity contribution in [3.8, 4) is 5.75 Å². The van der Waals surface area contributed by atoms with Gasteiger partial charge >= 0.3 is 5.97 Å². The van der Waals surface area contributed by atoms with Crippen LogP contribution in [0.3, 0.4) is 0 Å². The predicted octanol–water partition coefficient (Wildman–Crippen LogP) is 3.17. The number of amides is 1. The molecule has 1 saturated heterocycles. The second kappa shape index (κ2) is 8.03. The Hall–Kier alpha value is -3.15. The van der Waals surface area contributed by atoms with Crippen LogP contribution in [0.2, 0.25) is 0 Å². The fraction of sp³-hybridized carbons (Fsp3) is 0.286. The highest BCUT2D eigenvalue weighted by molar-refractivity contribution is 6.00. The van der Waals surface area contributed by atoms with Crippen molar-refractivity contribution in [2.75, 3.05) is 25.2 Å². The SMILES string of the molecule is COc1cc(C(=O)OCC(=O)c2ccc(N3CCCC3=O)cc2)ccc1C. The zero-order chi connectivity index (χ0) is 19.4. The molecule has 1 fully saturated rings. The molecule has 6 nitrogen and oxygen atoms in total. The Balaban J connectivity index is 1.60. The first-order valence-electron chi connectivity index (χ1n) is 8.75. The van der Waals surface area contributed by atoms with Crippen LogP contribution in [0, 0.1) is 6.92 Å². The van der Waals surface area contributed by atoms with E-state index in [0.717, 1.165) is 17.7 Å². The number of hydrogen-bond acceptors (Lipinski definition) is 5. The summed E-state index contributed by atoms with van der Waals surface area (Å²) in [5.41, 5.74) is 2.44. The number of nitrogens with zero attached hydrogens (tertiary/aromatic N) is 1. The lowest BCUT2D eigenvalue weighted by atomic mass is 10.1. The van der Waals surface area contributed by atoms with Crippen molar-refractivity contribution in [1.82, 2.24) is 0 Å². The highest BCUT2D eigenvalue weighted by atomic mass is 16.5. The summed E-state index contributed by atoms with van der Waals surface area (Å²) in [4.78, 5) is 37.9. The number of ketones is 1. The molecule has 0 bridgehead atoms. The number of carbonyl (C=O) groups excluding carboxylic acids is 3. The minimum atomic E-state index is -0.582. The number of aryl methyl sites for hydroxylation is 1. The van der Waals surface area contributed by atoms with Gasteiger partial charge in [-0.05, 0) is 55.3 Å². The lowest BCUT2D eigenvalue weighted by molar-refractivity contribution is -0.117. The van der Waals surface area contributed by atoms with E-state index < -0.39 is 5.97 Å². The second-order valence-electron chi connectivity index (χ2n) is 6.38. The van der Waals surface area contributed by atoms with Crippen molar-refractivity contribution in [3.05, 3.63) is 59.2 Å². The van der Waals surface area contributed by atoms with Crippen molar-refractivity contribution >= 4 is 23.3 Å². The van der Waals surface area contributed by atoms with Crippen LogP contribution in [0.1, 0.15) is 39.1 Å². The number of carbonyl (C=O) groups is 3. The predicted molar refractivity (Wildman–Crippen MR) is 100 cm³/mol. The first-order valence-corrected chi connectivity index (χ1v) is 8.75. The Morgan fingerprint density at radius 3 is 2.41 bits per heavy atom. The van der Waals surface area contributed by atoms with Crippen LogP contribution in [0.25, 0.3) is 0 Å². The number of ether oxygens (including phenoxy) is 2. The molecule has 0 saturated carbocycles. The molecule has 1 aliphatic heterocycles. The smallest absolute Gasteiger partial charge is 0.338 e. The average Bonchev–Trinajstić information content (AvgIpc) is 3.12. The summed E-state index contributed by atoms with van der Waals surface area (Å²) >= 11 is 0. The molecule has 27 heavy (non-hydrogen) atoms. The fourth-order valence-corrected chi connectivity index (χ4v) is 2.99. The Morgan fingerprint density at radius 2 is 1.78 bits per heavy atom. The van der Waals surface area contributed by atoms with Crippen LogP contribution < -0.4 is 9.64 Å². The van der Waals surface area contributed by atoms with E-state index in [2.05, 4.69) is 0 Å². The molecule has 0 atom stereocenters. The number of rotatable bonds is 6. The molecule has 1 aliphatic rings. The third-order valence-corrected chi connectivity index (χ3v) is 4.55. The maximum absolute atomic E-state index is 12.3. The van der Waals surface area contributed by atoms with E-state index in [0.29, 0.717) is 29.8 Å². The average molecular weight is 367 g/mol. The Bertz CT molecular complexity index is 873. The van der Waals surface area contributed by atoms with Crippen molar-refractivity contribution in [1.29, 1.82) is 0 Å². The molecule has 2 aromatic rings. The largest absolute Gasteiger partial charge is 0.496 e. The number of methoxy groups -OCH3 is 1. The van der Waals surface area contributed by atoms with Gasteiger partial charge in [-0.2, -0.15) is 0 Å². The third kappa shape index (κ3) is 4.16. The normalized spacial score (nSPS) is 13.6. The lowest BCUT2D eigenvalue weighted by Gasteiger charge is -2.15. The maximum Gasteiger partial charge on any atom is 0.338 e. The highest BCUT2D eigenvalue weighted by Gasteiger charge is 2.22. The maximum atomic E-state index is 12.3. The minimum Gasteiger partial charge on any atom is -0.496 e. The summed E-state index contributed by atoms with van der Waals surface area (Å²) in [5.74, 6) is -0.206. The van der Waals surface area contributed by atoms with Gasteiger partial charge in [-0.25, -0.2) is 4.79 Å². The summed E-state index contributed by atoms with van der Waals surface area (Å²) in [5, 5.41) is 0. The summed E-state index contributed by atoms with van der Waals surface area (Å²) in [6.07, 6.45) is 1.40. The second-order valence-corrected chi connectivity index (χ2v) is 6.38. The van der Waals surface area contributed by atoms with Crippen molar-refractivity contribution < 1.29 is 23.9 Å². The van der Waals surface area contributed by atoms with Gasteiger partial charge in [0.2, 0.25) is 5.91 Å². The first kappa shape index (κ1) is 18.6. The molecular weight excluding hydrogens is 346 g/mol. The van der Waals surface area contributed by atoms with Gasteiger partial charge in [0.15, 0.2) is 12.4 Å². The van der Waals surface area contributed by atoms with Crippen LogP contribution >= 0.6 is 0 Å². The Kier molecular flexibility index (Phi) is 5.54. The van der Waals surface area contributed by atoms with Crippen LogP contribution in [0.15, 0.2) is 42.5 Å². The zero-order valence-electron chi connectivity index (χ0n) is 15.4. The molecule has 0 spiro atoms. The Labute approximate surface area is 157 Å². The van der Waals surface area contributed by atoms with E-state index in [1.54, 1.807) is 47.4 Å². The molecule has 140 valence electrons. The summed E-state index contributed by atoms with van der Waals surface area (Å²) in [7, 11) is 1.53. The lowest BCUT2D eigenvalue weighted by Crippen LogP contribution is -2.23. The number of anilines is 1. The topological polar surface area (TPSA) is 72.9 Å². The number of Topliss-reactive ketones (excluding diaryl/α,β-unsaturated/α-hetero) is 1. The fourth-order valence-electron chi connectivity index (χ4n) is 2.99. The van der Waals surface area contributed by atoms with Gasteiger partial charge < -0.3 is 14.4 Å². The number of benzene rings is 2. The van der Waals surface area contributed by atoms with Crippen LogP contribution in [-0.4, -0.2) is 37.9 Å². The quantitative estimate of drug-likeness (QED) is 0.579. The molecule has 2 aromatic carbocycles. The minimum absolute atomic E-state index is 0.0940. The molecule has 0 aromatic heterocycles. The molecule has 0 aliphatic carbocycles. The highest BCUT2D eigenvalue weighted by Crippen LogP contribution is 2.22. The molecular formula is C21H21NO5. The number of esters is 1. The molecule has 0 radical (unpaired) electrons. The monoisotopic (exact) mass is 367 g/mol. The van der Waals surface area contributed by atoms with Gasteiger partial charge in [0.1, 0.15) is 5.75 Å². The van der Waals surface area contributed by atoms with Crippen LogP contribution in [0.4, 0.5) is 5.69 Å². The van der Waals surface area contributed by atoms with E-state index in [9.17, 15) is 14.4 Å². The third-order valence-electron chi connectivity index (χ3n) is 4.55. The van der Waals surface area contributed by atoms with Crippen LogP contribution in [-0.2, 0) is 9.53 Å². The summed E-state index contributed by atoms with van der Waals surface area (Å²) < 4.78 is 10.3. The summed E-state index contributed by atoms with van der Waals surface area (Å²) in [6, 6.07) is 11.7. The molecule has 0 unspecified atom stereocenters. The van der Waals surface area contributed by atoms with Crippen LogP contribution in [0.5, 0.6) is 5.75 Å². The van der Waals surface area contributed by atoms with E-state index >= 15 is 0 Å². The van der Waals surface area contributed by atoms with Gasteiger partial charge in [-0.1, -0.05) is 6.07 Å². The van der Waals surface area contributed by atoms with Crippen molar-refractivity contribution in [2.24, 2.45) is 0 Å². The molecule has 3 rings (SSSR count). The molecule has 1 heterocycles. The Morgan fingerprint density at radius 1 is 1.07 bits per heavy atom.